The third kappa shape index (κ3) is 4.60. The molecule has 0 radical (unpaired) electrons. The van der Waals surface area contributed by atoms with Crippen molar-refractivity contribution in [2.24, 2.45) is 0 Å². The second-order valence-electron chi connectivity index (χ2n) is 8.75. The molecule has 1 heterocycles. The van der Waals surface area contributed by atoms with Gasteiger partial charge in [-0.2, -0.15) is 0 Å². The summed E-state index contributed by atoms with van der Waals surface area (Å²) in [5, 5.41) is 2.75. The normalized spacial score (nSPS) is 19.0. The van der Waals surface area contributed by atoms with E-state index < -0.39 is 40.5 Å². The molecule has 1 saturated carbocycles. The molecule has 1 amide bonds. The lowest BCUT2D eigenvalue weighted by atomic mass is 9.98. The van der Waals surface area contributed by atoms with E-state index in [0.29, 0.717) is 25.8 Å². The Morgan fingerprint density at radius 2 is 1.87 bits per heavy atom. The molecule has 30 heavy (non-hydrogen) atoms. The molecule has 1 aliphatic carbocycles. The molecule has 166 valence electrons. The van der Waals surface area contributed by atoms with Crippen molar-refractivity contribution >= 4 is 23.4 Å². The van der Waals surface area contributed by atoms with E-state index in [9.17, 15) is 9.59 Å². The van der Waals surface area contributed by atoms with Crippen molar-refractivity contribution in [2.75, 3.05) is 30.3 Å². The van der Waals surface area contributed by atoms with Crippen LogP contribution in [-0.2, 0) is 9.47 Å². The van der Waals surface area contributed by atoms with Crippen molar-refractivity contribution in [1.82, 2.24) is 5.32 Å². The largest absolute Gasteiger partial charge is 0.462 e. The topological polar surface area (TPSA) is 93.9 Å². The maximum absolute atomic E-state index is 15.5. The van der Waals surface area contributed by atoms with Gasteiger partial charge in [0, 0.05) is 18.7 Å². The molecule has 7 nitrogen and oxygen atoms in total. The zero-order valence-corrected chi connectivity index (χ0v) is 17.8. The van der Waals surface area contributed by atoms with E-state index >= 15 is 8.78 Å². The summed E-state index contributed by atoms with van der Waals surface area (Å²) in [7, 11) is 0. The molecule has 3 N–H and O–H groups in total. The molecule has 3 rings (SSSR count). The van der Waals surface area contributed by atoms with Crippen LogP contribution in [0.3, 0.4) is 0 Å². The summed E-state index contributed by atoms with van der Waals surface area (Å²) in [6, 6.07) is -0.296. The van der Waals surface area contributed by atoms with Crippen molar-refractivity contribution in [3.63, 3.8) is 0 Å². The first-order valence-electron chi connectivity index (χ1n) is 10.2. The highest BCUT2D eigenvalue weighted by Gasteiger charge is 2.39. The fourth-order valence-corrected chi connectivity index (χ4v) is 3.74. The predicted molar refractivity (Wildman–Crippen MR) is 109 cm³/mol. The number of hydrogen-bond donors (Lipinski definition) is 2. The highest BCUT2D eigenvalue weighted by atomic mass is 19.1. The Hall–Kier alpha value is -2.58. The smallest absolute Gasteiger partial charge is 0.407 e. The number of nitrogens with one attached hydrogen (secondary N) is 1. The molecule has 0 aromatic heterocycles. The van der Waals surface area contributed by atoms with Crippen LogP contribution < -0.4 is 16.0 Å². The lowest BCUT2D eigenvalue weighted by molar-refractivity contribution is 0.0501. The Morgan fingerprint density at radius 1 is 1.20 bits per heavy atom. The number of carbonyl (C=O) groups excluding carboxylic acids is 2. The Labute approximate surface area is 174 Å². The lowest BCUT2D eigenvalue weighted by Crippen LogP contribution is -2.40. The third-order valence-electron chi connectivity index (χ3n) is 5.12. The van der Waals surface area contributed by atoms with Gasteiger partial charge >= 0.3 is 12.1 Å². The molecule has 1 aromatic carbocycles. The molecule has 0 bridgehead atoms. The number of carbonyl (C=O) groups is 2. The molecule has 1 atom stereocenters. The number of rotatable bonds is 5. The second-order valence-corrected chi connectivity index (χ2v) is 8.75. The van der Waals surface area contributed by atoms with Crippen LogP contribution in [0.25, 0.3) is 0 Å². The third-order valence-corrected chi connectivity index (χ3v) is 5.12. The number of anilines is 2. The standard InChI is InChI=1S/C21H29F2N3O4/c1-5-29-19(27)14-13(11-6-7-11)16(23)18(17(24)15(14)22)26-9-8-12(10-26)25-20(28)30-21(2,3)4/h11-12H,5-10,24H2,1-4H3,(H,25,28)/t12-/m0/s1. The van der Waals surface area contributed by atoms with E-state index in [2.05, 4.69) is 5.32 Å². The summed E-state index contributed by atoms with van der Waals surface area (Å²) in [6.07, 6.45) is 1.31. The molecule has 0 spiro atoms. The monoisotopic (exact) mass is 425 g/mol. The van der Waals surface area contributed by atoms with Crippen molar-refractivity contribution in [2.45, 2.75) is 64.5 Å². The predicted octanol–water partition coefficient (Wildman–Crippen LogP) is 3.70. The molecule has 2 aliphatic rings. The molecule has 1 saturated heterocycles. The van der Waals surface area contributed by atoms with Crippen LogP contribution in [-0.4, -0.2) is 43.4 Å². The van der Waals surface area contributed by atoms with Crippen molar-refractivity contribution in [3.05, 3.63) is 22.8 Å². The van der Waals surface area contributed by atoms with Gasteiger partial charge in [-0.05, 0) is 52.9 Å². The number of nitrogen functional groups attached to an aromatic ring is 1. The van der Waals surface area contributed by atoms with Gasteiger partial charge in [0.25, 0.3) is 0 Å². The van der Waals surface area contributed by atoms with Crippen molar-refractivity contribution < 1.29 is 27.8 Å². The summed E-state index contributed by atoms with van der Waals surface area (Å²) in [6.45, 7) is 7.57. The number of nitrogens with zero attached hydrogens (tertiary/aromatic N) is 1. The van der Waals surface area contributed by atoms with E-state index in [1.54, 1.807) is 32.6 Å². The zero-order valence-electron chi connectivity index (χ0n) is 17.8. The Morgan fingerprint density at radius 3 is 2.43 bits per heavy atom. The number of hydrogen-bond acceptors (Lipinski definition) is 6. The molecule has 1 aromatic rings. The summed E-state index contributed by atoms with van der Waals surface area (Å²) >= 11 is 0. The van der Waals surface area contributed by atoms with Crippen LogP contribution >= 0.6 is 0 Å². The highest BCUT2D eigenvalue weighted by Crippen LogP contribution is 2.48. The van der Waals surface area contributed by atoms with Crippen LogP contribution in [0.5, 0.6) is 0 Å². The number of amides is 1. The van der Waals surface area contributed by atoms with Crippen molar-refractivity contribution in [3.8, 4) is 0 Å². The number of benzene rings is 1. The fraction of sp³-hybridized carbons (Fsp3) is 0.619. The Balaban J connectivity index is 1.87. The van der Waals surface area contributed by atoms with Gasteiger partial charge in [0.15, 0.2) is 11.6 Å². The van der Waals surface area contributed by atoms with Gasteiger partial charge in [-0.25, -0.2) is 18.4 Å². The maximum atomic E-state index is 15.5. The van der Waals surface area contributed by atoms with Gasteiger partial charge in [-0.1, -0.05) is 0 Å². The minimum atomic E-state index is -0.949. The summed E-state index contributed by atoms with van der Waals surface area (Å²) < 4.78 is 40.8. The van der Waals surface area contributed by atoms with Crippen molar-refractivity contribution in [1.29, 1.82) is 0 Å². The Kier molecular flexibility index (Phi) is 6.10. The molecular weight excluding hydrogens is 396 g/mol. The maximum Gasteiger partial charge on any atom is 0.407 e. The van der Waals surface area contributed by atoms with E-state index in [0.717, 1.165) is 0 Å². The van der Waals surface area contributed by atoms with Crippen LogP contribution in [0.4, 0.5) is 25.0 Å². The number of halogens is 2. The average Bonchev–Trinajstić information content (AvgIpc) is 3.36. The van der Waals surface area contributed by atoms with Gasteiger partial charge in [0.2, 0.25) is 0 Å². The van der Waals surface area contributed by atoms with Crippen LogP contribution in [0.2, 0.25) is 0 Å². The molecule has 9 heteroatoms. The van der Waals surface area contributed by atoms with Gasteiger partial charge in [0.05, 0.1) is 24.0 Å². The van der Waals surface area contributed by atoms with Crippen LogP contribution in [0.1, 0.15) is 68.8 Å². The van der Waals surface area contributed by atoms with Gasteiger partial charge in [0.1, 0.15) is 11.2 Å². The number of esters is 1. The number of nitrogens with two attached hydrogens (primary N) is 1. The number of alkyl carbamates (subject to hydrolysis) is 1. The quantitative estimate of drug-likeness (QED) is 0.552. The van der Waals surface area contributed by atoms with Gasteiger partial charge < -0.3 is 25.4 Å². The van der Waals surface area contributed by atoms with E-state index in [4.69, 9.17) is 15.2 Å². The van der Waals surface area contributed by atoms with E-state index in [1.807, 2.05) is 0 Å². The SMILES string of the molecule is CCOC(=O)c1c(F)c(N)c(N2CC[C@H](NC(=O)OC(C)(C)C)C2)c(F)c1C1CC1. The lowest BCUT2D eigenvalue weighted by Gasteiger charge is -2.25. The second kappa shape index (κ2) is 8.28. The molecule has 0 unspecified atom stereocenters. The van der Waals surface area contributed by atoms with E-state index in [-0.39, 0.29) is 36.4 Å². The minimum Gasteiger partial charge on any atom is -0.462 e. The van der Waals surface area contributed by atoms with Gasteiger partial charge in [-0.3, -0.25) is 0 Å². The van der Waals surface area contributed by atoms with Gasteiger partial charge in [-0.15, -0.1) is 0 Å². The zero-order chi connectivity index (χ0) is 22.2. The molecule has 2 fully saturated rings. The summed E-state index contributed by atoms with van der Waals surface area (Å²) in [5.74, 6) is -2.76. The van der Waals surface area contributed by atoms with Crippen LogP contribution in [0.15, 0.2) is 0 Å². The molecule has 1 aliphatic heterocycles. The minimum absolute atomic E-state index is 0.0405. The molecular formula is C21H29F2N3O4. The number of ether oxygens (including phenoxy) is 2. The first-order valence-corrected chi connectivity index (χ1v) is 10.2. The summed E-state index contributed by atoms with van der Waals surface area (Å²) in [5.41, 5.74) is 4.47. The highest BCUT2D eigenvalue weighted by molar-refractivity contribution is 5.95. The van der Waals surface area contributed by atoms with E-state index in [1.165, 1.54) is 0 Å². The Bertz CT molecular complexity index is 850. The summed E-state index contributed by atoms with van der Waals surface area (Å²) in [4.78, 5) is 25.9. The van der Waals surface area contributed by atoms with Crippen LogP contribution in [0, 0.1) is 11.6 Å². The fourth-order valence-electron chi connectivity index (χ4n) is 3.74. The average molecular weight is 425 g/mol. The first kappa shape index (κ1) is 22.1. The first-order chi connectivity index (χ1) is 14.0.